The predicted molar refractivity (Wildman–Crippen MR) is 96.1 cm³/mol. The fourth-order valence-electron chi connectivity index (χ4n) is 3.36. The van der Waals surface area contributed by atoms with Crippen LogP contribution in [0.3, 0.4) is 0 Å². The number of fused-ring (bicyclic) bond motifs is 1. The summed E-state index contributed by atoms with van der Waals surface area (Å²) >= 11 is 0. The summed E-state index contributed by atoms with van der Waals surface area (Å²) < 4.78 is 27.7. The molecule has 2 aliphatic rings. The minimum absolute atomic E-state index is 0.112. The second-order valence-electron chi connectivity index (χ2n) is 6.85. The summed E-state index contributed by atoms with van der Waals surface area (Å²) in [6.07, 6.45) is 2.86. The molecular formula is C19H17F2N3O3. The smallest absolute Gasteiger partial charge is 0.293 e. The van der Waals surface area contributed by atoms with Crippen LogP contribution in [0.5, 0.6) is 0 Å². The zero-order valence-electron chi connectivity index (χ0n) is 14.4. The van der Waals surface area contributed by atoms with Crippen molar-refractivity contribution in [2.75, 3.05) is 16.8 Å². The number of benzene rings is 2. The number of amides is 1. The number of halogens is 2. The maximum atomic E-state index is 14.0. The minimum Gasteiger partial charge on any atom is -0.377 e. The molecule has 2 aromatic carbocycles. The van der Waals surface area contributed by atoms with E-state index in [9.17, 15) is 23.7 Å². The Bertz CT molecular complexity index is 944. The monoisotopic (exact) mass is 373 g/mol. The average molecular weight is 373 g/mol. The van der Waals surface area contributed by atoms with Gasteiger partial charge < -0.3 is 10.2 Å². The zero-order chi connectivity index (χ0) is 19.1. The van der Waals surface area contributed by atoms with Gasteiger partial charge in [-0.2, -0.15) is 0 Å². The van der Waals surface area contributed by atoms with E-state index in [4.69, 9.17) is 0 Å². The third kappa shape index (κ3) is 3.34. The first-order valence-corrected chi connectivity index (χ1v) is 8.79. The summed E-state index contributed by atoms with van der Waals surface area (Å²) in [7, 11) is 0. The highest BCUT2D eigenvalue weighted by Gasteiger charge is 2.29. The first-order valence-electron chi connectivity index (χ1n) is 8.79. The van der Waals surface area contributed by atoms with Crippen molar-refractivity contribution in [3.63, 3.8) is 0 Å². The molecule has 1 aliphatic heterocycles. The molecule has 140 valence electrons. The van der Waals surface area contributed by atoms with Gasteiger partial charge in [0.2, 0.25) is 0 Å². The van der Waals surface area contributed by atoms with Crippen LogP contribution in [0.4, 0.5) is 25.8 Å². The van der Waals surface area contributed by atoms with Crippen LogP contribution < -0.4 is 10.2 Å². The average Bonchev–Trinajstić information content (AvgIpc) is 3.45. The van der Waals surface area contributed by atoms with Gasteiger partial charge in [-0.3, -0.25) is 14.9 Å². The Morgan fingerprint density at radius 2 is 2.00 bits per heavy atom. The van der Waals surface area contributed by atoms with Gasteiger partial charge in [0, 0.05) is 35.8 Å². The summed E-state index contributed by atoms with van der Waals surface area (Å²) in [6, 6.07) is 6.40. The molecule has 0 unspecified atom stereocenters. The number of nitro groups is 1. The number of carbonyl (C=O) groups excluding carboxylic acids is 1. The van der Waals surface area contributed by atoms with Gasteiger partial charge in [-0.15, -0.1) is 0 Å². The number of nitro benzene ring substituents is 1. The molecule has 0 atom stereocenters. The zero-order valence-corrected chi connectivity index (χ0v) is 14.4. The lowest BCUT2D eigenvalue weighted by Gasteiger charge is -2.30. The van der Waals surface area contributed by atoms with Crippen molar-refractivity contribution in [1.82, 2.24) is 0 Å². The molecule has 0 spiro atoms. The molecule has 1 heterocycles. The van der Waals surface area contributed by atoms with Crippen LogP contribution >= 0.6 is 0 Å². The van der Waals surface area contributed by atoms with Gasteiger partial charge in [0.25, 0.3) is 11.6 Å². The lowest BCUT2D eigenvalue weighted by Crippen LogP contribution is -2.36. The van der Waals surface area contributed by atoms with Gasteiger partial charge in [-0.1, -0.05) is 0 Å². The van der Waals surface area contributed by atoms with Crippen molar-refractivity contribution in [3.8, 4) is 0 Å². The van der Waals surface area contributed by atoms with Crippen LogP contribution in [0.2, 0.25) is 0 Å². The molecule has 1 N–H and O–H groups in total. The fourth-order valence-corrected chi connectivity index (χ4v) is 3.36. The van der Waals surface area contributed by atoms with Crippen molar-refractivity contribution in [3.05, 3.63) is 63.2 Å². The largest absolute Gasteiger partial charge is 0.377 e. The van der Waals surface area contributed by atoms with Crippen molar-refractivity contribution in [2.24, 2.45) is 0 Å². The fraction of sp³-hybridized carbons (Fsp3) is 0.316. The number of hydrogen-bond acceptors (Lipinski definition) is 4. The summed E-state index contributed by atoms with van der Waals surface area (Å²) in [5.41, 5.74) is 0.773. The number of nitrogens with one attached hydrogen (secondary N) is 1. The van der Waals surface area contributed by atoms with E-state index in [1.54, 1.807) is 0 Å². The lowest BCUT2D eigenvalue weighted by molar-refractivity contribution is -0.384. The van der Waals surface area contributed by atoms with E-state index < -0.39 is 22.5 Å². The normalized spacial score (nSPS) is 16.0. The predicted octanol–water partition coefficient (Wildman–Crippen LogP) is 4.04. The quantitative estimate of drug-likeness (QED) is 0.648. The second kappa shape index (κ2) is 6.61. The number of carbonyl (C=O) groups is 1. The van der Waals surface area contributed by atoms with Crippen molar-refractivity contribution < 1.29 is 18.5 Å². The highest BCUT2D eigenvalue weighted by molar-refractivity contribution is 6.07. The van der Waals surface area contributed by atoms with E-state index in [2.05, 4.69) is 5.32 Å². The Balaban J connectivity index is 1.70. The van der Waals surface area contributed by atoms with Crippen molar-refractivity contribution >= 4 is 23.0 Å². The molecule has 1 aliphatic carbocycles. The minimum atomic E-state index is -0.763. The first kappa shape index (κ1) is 17.4. The van der Waals surface area contributed by atoms with Crippen LogP contribution in [-0.2, 0) is 6.42 Å². The molecule has 1 saturated carbocycles. The Labute approximate surface area is 153 Å². The molecular weight excluding hydrogens is 356 g/mol. The number of nitrogens with zero attached hydrogens (tertiary/aromatic N) is 2. The molecule has 0 radical (unpaired) electrons. The van der Waals surface area contributed by atoms with Crippen LogP contribution in [0, 0.1) is 21.7 Å². The topological polar surface area (TPSA) is 75.5 Å². The SMILES string of the molecule is O=C(c1ccc(NC2CC2)c([N+](=O)[O-])c1)N1CCCc2c(F)cc(F)cc21. The van der Waals surface area contributed by atoms with Crippen LogP contribution in [0.25, 0.3) is 0 Å². The van der Waals surface area contributed by atoms with Gasteiger partial charge in [0.05, 0.1) is 10.6 Å². The molecule has 27 heavy (non-hydrogen) atoms. The third-order valence-corrected chi connectivity index (χ3v) is 4.86. The number of anilines is 2. The molecule has 2 aromatic rings. The Morgan fingerprint density at radius 3 is 2.70 bits per heavy atom. The standard InChI is InChI=1S/C19H17F2N3O3/c20-12-9-15(21)14-2-1-7-23(17(14)10-12)19(25)11-3-6-16(22-13-4-5-13)18(8-11)24(26)27/h3,6,8-10,13,22H,1-2,4-5,7H2. The van der Waals surface area contributed by atoms with Gasteiger partial charge in [-0.05, 0) is 43.9 Å². The van der Waals surface area contributed by atoms with Gasteiger partial charge in [0.15, 0.2) is 0 Å². The highest BCUT2D eigenvalue weighted by Crippen LogP contribution is 2.34. The van der Waals surface area contributed by atoms with E-state index in [-0.39, 0.29) is 28.5 Å². The Kier molecular flexibility index (Phi) is 4.25. The maximum Gasteiger partial charge on any atom is 0.293 e. The molecule has 0 saturated heterocycles. The van der Waals surface area contributed by atoms with E-state index in [1.807, 2.05) is 0 Å². The molecule has 4 rings (SSSR count). The third-order valence-electron chi connectivity index (χ3n) is 4.86. The maximum absolute atomic E-state index is 14.0. The van der Waals surface area contributed by atoms with E-state index in [0.29, 0.717) is 25.1 Å². The lowest BCUT2D eigenvalue weighted by atomic mass is 9.99. The van der Waals surface area contributed by atoms with Crippen LogP contribution in [0.15, 0.2) is 30.3 Å². The first-order chi connectivity index (χ1) is 12.9. The Hall–Kier alpha value is -3.03. The Morgan fingerprint density at radius 1 is 1.22 bits per heavy atom. The molecule has 0 bridgehead atoms. The van der Waals surface area contributed by atoms with Crippen molar-refractivity contribution in [2.45, 2.75) is 31.7 Å². The van der Waals surface area contributed by atoms with E-state index >= 15 is 0 Å². The molecule has 6 nitrogen and oxygen atoms in total. The second-order valence-corrected chi connectivity index (χ2v) is 6.85. The van der Waals surface area contributed by atoms with Gasteiger partial charge >= 0.3 is 0 Å². The summed E-state index contributed by atoms with van der Waals surface area (Å²) in [6.45, 7) is 0.296. The highest BCUT2D eigenvalue weighted by atomic mass is 19.1. The molecule has 8 heteroatoms. The van der Waals surface area contributed by atoms with Gasteiger partial charge in [-0.25, -0.2) is 8.78 Å². The molecule has 1 fully saturated rings. The van der Waals surface area contributed by atoms with Crippen LogP contribution in [0.1, 0.15) is 35.2 Å². The van der Waals surface area contributed by atoms with E-state index in [1.165, 1.54) is 23.1 Å². The van der Waals surface area contributed by atoms with Crippen molar-refractivity contribution in [1.29, 1.82) is 0 Å². The summed E-state index contributed by atoms with van der Waals surface area (Å²) in [5.74, 6) is -1.96. The molecule has 1 amide bonds. The van der Waals surface area contributed by atoms with Gasteiger partial charge in [0.1, 0.15) is 17.3 Å². The number of rotatable bonds is 4. The molecule has 0 aromatic heterocycles. The van der Waals surface area contributed by atoms with Crippen LogP contribution in [-0.4, -0.2) is 23.4 Å². The van der Waals surface area contributed by atoms with E-state index in [0.717, 1.165) is 25.0 Å². The number of hydrogen-bond donors (Lipinski definition) is 1. The summed E-state index contributed by atoms with van der Waals surface area (Å²) in [5, 5.41) is 14.5. The summed E-state index contributed by atoms with van der Waals surface area (Å²) in [4.78, 5) is 25.1.